The van der Waals surface area contributed by atoms with Gasteiger partial charge in [-0.2, -0.15) is 0 Å². The second-order valence-corrected chi connectivity index (χ2v) is 7.52. The highest BCUT2D eigenvalue weighted by molar-refractivity contribution is 7.91. The molecule has 1 N–H and O–H groups in total. The highest BCUT2D eigenvalue weighted by Gasteiger charge is 2.28. The maximum Gasteiger partial charge on any atom is 0.151 e. The molecule has 2 saturated heterocycles. The van der Waals surface area contributed by atoms with E-state index in [1.54, 1.807) is 0 Å². The lowest BCUT2D eigenvalue weighted by atomic mass is 10.2. The Kier molecular flexibility index (Phi) is 4.44. The van der Waals surface area contributed by atoms with E-state index in [4.69, 9.17) is 0 Å². The molecule has 0 amide bonds. The molecule has 17 heavy (non-hydrogen) atoms. The number of nitrogens with one attached hydrogen (secondary N) is 1. The molecular formula is C12H24N2O2S. The molecule has 0 aromatic rings. The molecule has 0 aromatic carbocycles. The van der Waals surface area contributed by atoms with Gasteiger partial charge in [0.25, 0.3) is 0 Å². The Morgan fingerprint density at radius 1 is 1.35 bits per heavy atom. The topological polar surface area (TPSA) is 49.4 Å². The summed E-state index contributed by atoms with van der Waals surface area (Å²) >= 11 is 0. The normalized spacial score (nSPS) is 33.2. The summed E-state index contributed by atoms with van der Waals surface area (Å²) in [4.78, 5) is 2.54. The molecule has 0 saturated carbocycles. The van der Waals surface area contributed by atoms with E-state index in [0.717, 1.165) is 25.6 Å². The molecule has 2 aliphatic rings. The zero-order chi connectivity index (χ0) is 12.3. The predicted octanol–water partition coefficient (Wildman–Crippen LogP) is 0.638. The first-order valence-electron chi connectivity index (χ1n) is 6.78. The van der Waals surface area contributed by atoms with Crippen LogP contribution in [0.5, 0.6) is 0 Å². The Labute approximate surface area is 105 Å². The number of rotatable bonds is 5. The fourth-order valence-electron chi connectivity index (χ4n) is 3.02. The van der Waals surface area contributed by atoms with Crippen LogP contribution in [-0.2, 0) is 9.84 Å². The van der Waals surface area contributed by atoms with Crippen LogP contribution in [0.4, 0.5) is 0 Å². The number of hydrogen-bond acceptors (Lipinski definition) is 4. The highest BCUT2D eigenvalue weighted by Crippen LogP contribution is 2.19. The lowest BCUT2D eigenvalue weighted by Gasteiger charge is -2.24. The van der Waals surface area contributed by atoms with Crippen molar-refractivity contribution < 1.29 is 8.42 Å². The van der Waals surface area contributed by atoms with Crippen molar-refractivity contribution in [2.24, 2.45) is 0 Å². The summed E-state index contributed by atoms with van der Waals surface area (Å²) in [6.45, 7) is 5.45. The van der Waals surface area contributed by atoms with Crippen molar-refractivity contribution in [3.05, 3.63) is 0 Å². The largest absolute Gasteiger partial charge is 0.312 e. The molecule has 2 rings (SSSR count). The van der Waals surface area contributed by atoms with E-state index in [1.165, 1.54) is 25.8 Å². The van der Waals surface area contributed by atoms with E-state index in [0.29, 0.717) is 11.5 Å². The lowest BCUT2D eigenvalue weighted by molar-refractivity contribution is 0.245. The Bertz CT molecular complexity index is 342. The fourth-order valence-corrected chi connectivity index (χ4v) is 4.73. The van der Waals surface area contributed by atoms with Crippen molar-refractivity contribution in [2.75, 3.05) is 31.1 Å². The van der Waals surface area contributed by atoms with Crippen LogP contribution in [0, 0.1) is 0 Å². The summed E-state index contributed by atoms with van der Waals surface area (Å²) in [5.41, 5.74) is 0. The standard InChI is InChI=1S/C12H24N2O2S/c1-2-12-4-3-7-14(12)8-6-13-11-5-9-17(15,16)10-11/h11-13H,2-10H2,1H3. The molecule has 5 heteroatoms. The molecular weight excluding hydrogens is 236 g/mol. The van der Waals surface area contributed by atoms with Crippen molar-refractivity contribution in [3.8, 4) is 0 Å². The zero-order valence-corrected chi connectivity index (χ0v) is 11.5. The first kappa shape index (κ1) is 13.3. The van der Waals surface area contributed by atoms with E-state index in [2.05, 4.69) is 17.1 Å². The van der Waals surface area contributed by atoms with Crippen LogP contribution in [0.3, 0.4) is 0 Å². The molecule has 0 spiro atoms. The molecule has 2 heterocycles. The van der Waals surface area contributed by atoms with Crippen molar-refractivity contribution >= 4 is 9.84 Å². The van der Waals surface area contributed by atoms with Crippen LogP contribution < -0.4 is 5.32 Å². The monoisotopic (exact) mass is 260 g/mol. The average Bonchev–Trinajstić information content (AvgIpc) is 2.85. The number of sulfone groups is 1. The molecule has 2 atom stereocenters. The van der Waals surface area contributed by atoms with Crippen LogP contribution in [0.15, 0.2) is 0 Å². The van der Waals surface area contributed by atoms with Crippen LogP contribution >= 0.6 is 0 Å². The quantitative estimate of drug-likeness (QED) is 0.788. The number of hydrogen-bond donors (Lipinski definition) is 1. The van der Waals surface area contributed by atoms with Gasteiger partial charge in [0.2, 0.25) is 0 Å². The van der Waals surface area contributed by atoms with Gasteiger partial charge in [0.05, 0.1) is 11.5 Å². The molecule has 4 nitrogen and oxygen atoms in total. The third-order valence-corrected chi connectivity index (χ3v) is 5.80. The van der Waals surface area contributed by atoms with Crippen LogP contribution in [0.1, 0.15) is 32.6 Å². The van der Waals surface area contributed by atoms with Gasteiger partial charge in [0.15, 0.2) is 9.84 Å². The van der Waals surface area contributed by atoms with Gasteiger partial charge in [-0.25, -0.2) is 8.42 Å². The third-order valence-electron chi connectivity index (χ3n) is 4.03. The van der Waals surface area contributed by atoms with Crippen molar-refractivity contribution in [1.82, 2.24) is 10.2 Å². The summed E-state index contributed by atoms with van der Waals surface area (Å²) in [7, 11) is -2.74. The van der Waals surface area contributed by atoms with Gasteiger partial charge in [0, 0.05) is 25.2 Å². The van der Waals surface area contributed by atoms with Gasteiger partial charge in [0.1, 0.15) is 0 Å². The van der Waals surface area contributed by atoms with Gasteiger partial charge in [-0.15, -0.1) is 0 Å². The molecule has 100 valence electrons. The zero-order valence-electron chi connectivity index (χ0n) is 10.7. The average molecular weight is 260 g/mol. The minimum absolute atomic E-state index is 0.197. The molecule has 2 aliphatic heterocycles. The second kappa shape index (κ2) is 5.67. The Hall–Kier alpha value is -0.130. The van der Waals surface area contributed by atoms with E-state index >= 15 is 0 Å². The van der Waals surface area contributed by atoms with Gasteiger partial charge < -0.3 is 5.32 Å². The minimum atomic E-state index is -2.74. The molecule has 0 aromatic heterocycles. The SMILES string of the molecule is CCC1CCCN1CCNC1CCS(=O)(=O)C1. The predicted molar refractivity (Wildman–Crippen MR) is 69.9 cm³/mol. The van der Waals surface area contributed by atoms with Crippen molar-refractivity contribution in [3.63, 3.8) is 0 Å². The number of likely N-dealkylation sites (tertiary alicyclic amines) is 1. The Morgan fingerprint density at radius 2 is 2.18 bits per heavy atom. The summed E-state index contributed by atoms with van der Waals surface area (Å²) in [5, 5.41) is 3.39. The van der Waals surface area contributed by atoms with E-state index in [1.807, 2.05) is 0 Å². The van der Waals surface area contributed by atoms with E-state index in [9.17, 15) is 8.42 Å². The molecule has 0 bridgehead atoms. The van der Waals surface area contributed by atoms with Crippen molar-refractivity contribution in [2.45, 2.75) is 44.7 Å². The summed E-state index contributed by atoms with van der Waals surface area (Å²) < 4.78 is 22.6. The lowest BCUT2D eigenvalue weighted by Crippen LogP contribution is -2.39. The van der Waals surface area contributed by atoms with E-state index < -0.39 is 9.84 Å². The maximum absolute atomic E-state index is 11.3. The minimum Gasteiger partial charge on any atom is -0.312 e. The molecule has 2 unspecified atom stereocenters. The van der Waals surface area contributed by atoms with E-state index in [-0.39, 0.29) is 6.04 Å². The maximum atomic E-state index is 11.3. The molecule has 0 radical (unpaired) electrons. The van der Waals surface area contributed by atoms with Crippen LogP contribution in [0.25, 0.3) is 0 Å². The molecule has 2 fully saturated rings. The molecule has 0 aliphatic carbocycles. The van der Waals surface area contributed by atoms with Gasteiger partial charge >= 0.3 is 0 Å². The summed E-state index contributed by atoms with van der Waals surface area (Å²) in [5.74, 6) is 0.705. The van der Waals surface area contributed by atoms with Gasteiger partial charge in [-0.1, -0.05) is 6.92 Å². The fraction of sp³-hybridized carbons (Fsp3) is 1.00. The number of nitrogens with zero attached hydrogens (tertiary/aromatic N) is 1. The van der Waals surface area contributed by atoms with Crippen LogP contribution in [0.2, 0.25) is 0 Å². The third kappa shape index (κ3) is 3.66. The van der Waals surface area contributed by atoms with Crippen molar-refractivity contribution in [1.29, 1.82) is 0 Å². The Morgan fingerprint density at radius 3 is 2.82 bits per heavy atom. The second-order valence-electron chi connectivity index (χ2n) is 5.29. The smallest absolute Gasteiger partial charge is 0.151 e. The summed E-state index contributed by atoms with van der Waals surface area (Å²) in [6.07, 6.45) is 4.67. The summed E-state index contributed by atoms with van der Waals surface area (Å²) in [6, 6.07) is 0.951. The van der Waals surface area contributed by atoms with Gasteiger partial charge in [-0.05, 0) is 32.2 Å². The highest BCUT2D eigenvalue weighted by atomic mass is 32.2. The first-order valence-corrected chi connectivity index (χ1v) is 8.61. The van der Waals surface area contributed by atoms with Crippen LogP contribution in [-0.4, -0.2) is 56.5 Å². The first-order chi connectivity index (χ1) is 8.11. The Balaban J connectivity index is 1.66. The van der Waals surface area contributed by atoms with Gasteiger partial charge in [-0.3, -0.25) is 4.90 Å².